The molecule has 4 nitrogen and oxygen atoms in total. The van der Waals surface area contributed by atoms with Gasteiger partial charge >= 0.3 is 0 Å². The van der Waals surface area contributed by atoms with Crippen LogP contribution in [0.3, 0.4) is 0 Å². The Morgan fingerprint density at radius 1 is 1.30 bits per heavy atom. The second-order valence-electron chi connectivity index (χ2n) is 5.01. The van der Waals surface area contributed by atoms with Crippen molar-refractivity contribution in [3.63, 3.8) is 0 Å². The maximum absolute atomic E-state index is 11.4. The Kier molecular flexibility index (Phi) is 3.36. The van der Waals surface area contributed by atoms with Crippen LogP contribution in [0.15, 0.2) is 30.3 Å². The van der Waals surface area contributed by atoms with Gasteiger partial charge in [-0.05, 0) is 30.7 Å². The molecule has 0 radical (unpaired) electrons. The lowest BCUT2D eigenvalue weighted by molar-refractivity contribution is -0.384. The molecule has 3 rings (SSSR count). The number of thiophene rings is 1. The summed E-state index contributed by atoms with van der Waals surface area (Å²) in [5.74, 6) is 0.505. The number of carbonyl (C=O) groups excluding carboxylic acids is 1. The van der Waals surface area contributed by atoms with E-state index in [-0.39, 0.29) is 10.6 Å². The van der Waals surface area contributed by atoms with Gasteiger partial charge in [0.25, 0.3) is 5.69 Å². The number of hydrogen-bond acceptors (Lipinski definition) is 4. The summed E-state index contributed by atoms with van der Waals surface area (Å²) >= 11 is 1.23. The van der Waals surface area contributed by atoms with Crippen molar-refractivity contribution in [1.29, 1.82) is 0 Å². The number of nitro groups is 1. The first-order valence-corrected chi connectivity index (χ1v) is 7.33. The SMILES string of the molecule is O=Cc1sc(-c2ccccc2)c([N+](=O)[O-])c1CC1CC1. The highest BCUT2D eigenvalue weighted by Gasteiger charge is 2.32. The lowest BCUT2D eigenvalue weighted by Gasteiger charge is -2.00. The van der Waals surface area contributed by atoms with Crippen LogP contribution < -0.4 is 0 Å². The van der Waals surface area contributed by atoms with Gasteiger partial charge in [-0.25, -0.2) is 0 Å². The zero-order valence-electron chi connectivity index (χ0n) is 10.7. The van der Waals surface area contributed by atoms with Crippen molar-refractivity contribution in [2.45, 2.75) is 19.3 Å². The molecule has 1 aromatic heterocycles. The third-order valence-corrected chi connectivity index (χ3v) is 4.72. The zero-order chi connectivity index (χ0) is 14.1. The van der Waals surface area contributed by atoms with Crippen LogP contribution in [0.2, 0.25) is 0 Å². The Morgan fingerprint density at radius 3 is 2.55 bits per heavy atom. The minimum absolute atomic E-state index is 0.121. The lowest BCUT2D eigenvalue weighted by Crippen LogP contribution is -1.97. The van der Waals surface area contributed by atoms with Crippen LogP contribution in [0.4, 0.5) is 5.69 Å². The Bertz CT molecular complexity index is 659. The van der Waals surface area contributed by atoms with Crippen molar-refractivity contribution in [3.8, 4) is 10.4 Å². The van der Waals surface area contributed by atoms with Gasteiger partial charge in [-0.3, -0.25) is 14.9 Å². The minimum atomic E-state index is -0.344. The number of carbonyl (C=O) groups is 1. The summed E-state index contributed by atoms with van der Waals surface area (Å²) in [5, 5.41) is 11.4. The van der Waals surface area contributed by atoms with E-state index < -0.39 is 0 Å². The first kappa shape index (κ1) is 13.0. The number of rotatable bonds is 5. The molecule has 0 spiro atoms. The highest BCUT2D eigenvalue weighted by atomic mass is 32.1. The van der Waals surface area contributed by atoms with E-state index in [9.17, 15) is 14.9 Å². The molecule has 1 saturated carbocycles. The zero-order valence-corrected chi connectivity index (χ0v) is 11.6. The van der Waals surface area contributed by atoms with E-state index >= 15 is 0 Å². The first-order chi connectivity index (χ1) is 9.70. The van der Waals surface area contributed by atoms with Crippen LogP contribution in [0.25, 0.3) is 10.4 Å². The van der Waals surface area contributed by atoms with Gasteiger partial charge in [-0.2, -0.15) is 0 Å². The van der Waals surface area contributed by atoms with Gasteiger partial charge in [-0.1, -0.05) is 30.3 Å². The highest BCUT2D eigenvalue weighted by Crippen LogP contribution is 2.45. The fourth-order valence-corrected chi connectivity index (χ4v) is 3.47. The smallest absolute Gasteiger partial charge is 0.291 e. The van der Waals surface area contributed by atoms with Crippen molar-refractivity contribution < 1.29 is 9.72 Å². The molecule has 1 aromatic carbocycles. The van der Waals surface area contributed by atoms with Crippen molar-refractivity contribution in [1.82, 2.24) is 0 Å². The van der Waals surface area contributed by atoms with Gasteiger partial charge in [0.2, 0.25) is 0 Å². The molecule has 2 aromatic rings. The molecule has 1 aliphatic rings. The number of nitrogens with zero attached hydrogens (tertiary/aromatic N) is 1. The van der Waals surface area contributed by atoms with Crippen molar-refractivity contribution in [3.05, 3.63) is 50.9 Å². The highest BCUT2D eigenvalue weighted by molar-refractivity contribution is 7.17. The lowest BCUT2D eigenvalue weighted by atomic mass is 10.1. The molecule has 0 aliphatic heterocycles. The maximum Gasteiger partial charge on any atom is 0.291 e. The number of aldehydes is 1. The van der Waals surface area contributed by atoms with Crippen LogP contribution >= 0.6 is 11.3 Å². The molecule has 1 fully saturated rings. The molecule has 20 heavy (non-hydrogen) atoms. The molecule has 0 N–H and O–H groups in total. The summed E-state index contributed by atoms with van der Waals surface area (Å²) in [4.78, 5) is 23.4. The molecular weight excluding hydrogens is 274 g/mol. The van der Waals surface area contributed by atoms with E-state index in [1.807, 2.05) is 30.3 Å². The summed E-state index contributed by atoms with van der Waals surface area (Å²) in [7, 11) is 0. The monoisotopic (exact) mass is 287 g/mol. The summed E-state index contributed by atoms with van der Waals surface area (Å²) in [6.07, 6.45) is 3.60. The van der Waals surface area contributed by atoms with Crippen LogP contribution in [-0.2, 0) is 6.42 Å². The van der Waals surface area contributed by atoms with E-state index in [0.29, 0.717) is 27.7 Å². The largest absolute Gasteiger partial charge is 0.297 e. The topological polar surface area (TPSA) is 60.2 Å². The molecule has 0 saturated heterocycles. The van der Waals surface area contributed by atoms with Crippen molar-refractivity contribution in [2.24, 2.45) is 5.92 Å². The van der Waals surface area contributed by atoms with E-state index in [0.717, 1.165) is 24.7 Å². The maximum atomic E-state index is 11.4. The summed E-state index contributed by atoms with van der Waals surface area (Å²) in [6.45, 7) is 0. The van der Waals surface area contributed by atoms with E-state index in [1.165, 1.54) is 11.3 Å². The molecular formula is C15H13NO3S. The van der Waals surface area contributed by atoms with E-state index in [2.05, 4.69) is 0 Å². The molecule has 0 unspecified atom stereocenters. The van der Waals surface area contributed by atoms with Crippen LogP contribution in [0, 0.1) is 16.0 Å². The van der Waals surface area contributed by atoms with Crippen molar-refractivity contribution in [2.75, 3.05) is 0 Å². The van der Waals surface area contributed by atoms with Gasteiger partial charge in [-0.15, -0.1) is 11.3 Å². The Labute approximate surface area is 120 Å². The average molecular weight is 287 g/mol. The Morgan fingerprint density at radius 2 is 2.00 bits per heavy atom. The first-order valence-electron chi connectivity index (χ1n) is 6.51. The molecule has 1 heterocycles. The summed E-state index contributed by atoms with van der Waals surface area (Å²) in [6, 6.07) is 9.25. The van der Waals surface area contributed by atoms with Gasteiger partial charge in [0.05, 0.1) is 15.4 Å². The van der Waals surface area contributed by atoms with Crippen molar-refractivity contribution >= 4 is 23.3 Å². The summed E-state index contributed by atoms with van der Waals surface area (Å²) < 4.78 is 0. The van der Waals surface area contributed by atoms with E-state index in [4.69, 9.17) is 0 Å². The molecule has 0 amide bonds. The van der Waals surface area contributed by atoms with Gasteiger partial charge < -0.3 is 0 Å². The molecule has 1 aliphatic carbocycles. The van der Waals surface area contributed by atoms with Gasteiger partial charge in [0.15, 0.2) is 6.29 Å². The standard InChI is InChI=1S/C15H13NO3S/c17-9-13-12(8-10-6-7-10)14(16(18)19)15(20-13)11-4-2-1-3-5-11/h1-5,9-10H,6-8H2. The minimum Gasteiger partial charge on any atom is -0.297 e. The molecule has 102 valence electrons. The molecule has 5 heteroatoms. The molecule has 0 bridgehead atoms. The fourth-order valence-electron chi connectivity index (χ4n) is 2.36. The van der Waals surface area contributed by atoms with Crippen LogP contribution in [-0.4, -0.2) is 11.2 Å². The Balaban J connectivity index is 2.16. The van der Waals surface area contributed by atoms with Gasteiger partial charge in [0, 0.05) is 0 Å². The van der Waals surface area contributed by atoms with Crippen LogP contribution in [0.5, 0.6) is 0 Å². The second kappa shape index (κ2) is 5.17. The quantitative estimate of drug-likeness (QED) is 0.473. The Hall–Kier alpha value is -2.01. The predicted molar refractivity (Wildman–Crippen MR) is 78.2 cm³/mol. The predicted octanol–water partition coefficient (Wildman–Crippen LogP) is 4.09. The summed E-state index contributed by atoms with van der Waals surface area (Å²) in [5.41, 5.74) is 1.54. The third-order valence-electron chi connectivity index (χ3n) is 3.53. The number of hydrogen-bond donors (Lipinski definition) is 0. The normalized spacial score (nSPS) is 14.2. The van der Waals surface area contributed by atoms with E-state index in [1.54, 1.807) is 0 Å². The van der Waals surface area contributed by atoms with Gasteiger partial charge in [0.1, 0.15) is 4.88 Å². The fraction of sp³-hybridized carbons (Fsp3) is 0.267. The second-order valence-corrected chi connectivity index (χ2v) is 6.06. The van der Waals surface area contributed by atoms with Crippen LogP contribution in [0.1, 0.15) is 28.1 Å². The average Bonchev–Trinajstić information content (AvgIpc) is 3.18. The molecule has 0 atom stereocenters. The number of benzene rings is 1. The third kappa shape index (κ3) is 2.36.